The molecule has 10 heteroatoms. The second-order valence-corrected chi connectivity index (χ2v) is 21.1. The van der Waals surface area contributed by atoms with Crippen molar-refractivity contribution in [3.63, 3.8) is 0 Å². The normalized spacial score (nSPS) is 18.1. The van der Waals surface area contributed by atoms with Crippen molar-refractivity contribution in [2.24, 2.45) is 5.92 Å². The van der Waals surface area contributed by atoms with Gasteiger partial charge in [0.15, 0.2) is 18.4 Å². The van der Waals surface area contributed by atoms with Crippen LogP contribution in [0.5, 0.6) is 11.5 Å². The fourth-order valence-electron chi connectivity index (χ4n) is 7.75. The van der Waals surface area contributed by atoms with Crippen LogP contribution in [-0.2, 0) is 23.4 Å². The Balaban J connectivity index is 1.48. The van der Waals surface area contributed by atoms with Crippen LogP contribution in [0.3, 0.4) is 0 Å². The maximum atomic E-state index is 13.7. The standard InChI is InChI=1S/C51H62O9Si/c1-11-32-55-41-33-40(47(37(3)52)46(34-41)56-35-54-10)24-21-29-45-48(59-51(8,9)58-45)44(57-49(53)39-22-15-12-16-23-39)31-30-36(2)38(4)60-61(50(5,6)7,42-25-17-13-18-26-42)43-27-19-14-20-28-43/h11-28,30-31,33-34,36,38,44-45,48H,1,29,32,35H2,2-10H3/b24-21+,31-30-/t36-,38+,44?,45+,48?/m1/s1. The van der Waals surface area contributed by atoms with Crippen molar-refractivity contribution in [2.75, 3.05) is 20.5 Å². The van der Waals surface area contributed by atoms with Crippen LogP contribution in [0.25, 0.3) is 6.08 Å². The van der Waals surface area contributed by atoms with Crippen LogP contribution in [0.4, 0.5) is 0 Å². The molecule has 0 spiro atoms. The lowest BCUT2D eigenvalue weighted by molar-refractivity contribution is -0.152. The van der Waals surface area contributed by atoms with E-state index in [1.54, 1.807) is 42.5 Å². The predicted octanol–water partition coefficient (Wildman–Crippen LogP) is 9.74. The van der Waals surface area contributed by atoms with Crippen molar-refractivity contribution in [2.45, 2.75) is 97.1 Å². The van der Waals surface area contributed by atoms with Crippen LogP contribution in [0.15, 0.2) is 134 Å². The third-order valence-corrected chi connectivity index (χ3v) is 15.9. The summed E-state index contributed by atoms with van der Waals surface area (Å²) in [5, 5.41) is 2.20. The Morgan fingerprint density at radius 3 is 2.03 bits per heavy atom. The highest BCUT2D eigenvalue weighted by Gasteiger charge is 2.51. The van der Waals surface area contributed by atoms with Crippen molar-refractivity contribution in [1.82, 2.24) is 0 Å². The molecule has 0 amide bonds. The molecule has 324 valence electrons. The summed E-state index contributed by atoms with van der Waals surface area (Å²) in [7, 11) is -1.34. The SMILES string of the molecule is C=CCOc1cc(/C=C/C[C@@H]2OC(C)(C)OC2C(/C=C\[C@@H](C)[C@H](C)O[Si](c2ccccc2)(c2ccccc2)C(C)(C)C)OC(=O)c2ccccc2)c(C(C)=O)c(OCOC)c1. The molecule has 0 bridgehead atoms. The lowest BCUT2D eigenvalue weighted by Gasteiger charge is -2.45. The molecule has 0 saturated carbocycles. The van der Waals surface area contributed by atoms with E-state index in [1.165, 1.54) is 24.4 Å². The summed E-state index contributed by atoms with van der Waals surface area (Å²) in [5.41, 5.74) is 1.42. The molecule has 0 radical (unpaired) electrons. The maximum absolute atomic E-state index is 13.7. The van der Waals surface area contributed by atoms with Gasteiger partial charge >= 0.3 is 5.97 Å². The monoisotopic (exact) mass is 846 g/mol. The fraction of sp³-hybridized carbons (Fsp3) is 0.373. The topological polar surface area (TPSA) is 98.8 Å². The van der Waals surface area contributed by atoms with Crippen molar-refractivity contribution in [1.29, 1.82) is 0 Å². The van der Waals surface area contributed by atoms with Crippen LogP contribution in [-0.4, -0.2) is 70.8 Å². The fourth-order valence-corrected chi connectivity index (χ4v) is 12.5. The molecule has 61 heavy (non-hydrogen) atoms. The third kappa shape index (κ3) is 11.8. The van der Waals surface area contributed by atoms with Crippen molar-refractivity contribution in [3.05, 3.63) is 151 Å². The summed E-state index contributed by atoms with van der Waals surface area (Å²) < 4.78 is 43.6. The second-order valence-electron chi connectivity index (χ2n) is 16.8. The predicted molar refractivity (Wildman–Crippen MR) is 244 cm³/mol. The smallest absolute Gasteiger partial charge is 0.338 e. The lowest BCUT2D eigenvalue weighted by atomic mass is 9.99. The molecule has 1 aliphatic heterocycles. The molecule has 1 aliphatic rings. The highest BCUT2D eigenvalue weighted by atomic mass is 28.4. The zero-order chi connectivity index (χ0) is 44.2. The Morgan fingerprint density at radius 2 is 1.48 bits per heavy atom. The first-order chi connectivity index (χ1) is 29.1. The minimum Gasteiger partial charge on any atom is -0.489 e. The Labute approximate surface area is 363 Å². The third-order valence-electron chi connectivity index (χ3n) is 10.7. The van der Waals surface area contributed by atoms with Crippen molar-refractivity contribution in [3.8, 4) is 11.5 Å². The summed E-state index contributed by atoms with van der Waals surface area (Å²) in [6.45, 7) is 20.2. The number of ether oxygens (including phenoxy) is 6. The van der Waals surface area contributed by atoms with Crippen LogP contribution in [0.2, 0.25) is 5.04 Å². The summed E-state index contributed by atoms with van der Waals surface area (Å²) in [6.07, 6.45) is 7.49. The first-order valence-corrected chi connectivity index (χ1v) is 22.8. The first-order valence-electron chi connectivity index (χ1n) is 20.9. The van der Waals surface area contributed by atoms with Gasteiger partial charge in [0.1, 0.15) is 30.3 Å². The average molecular weight is 847 g/mol. The molecule has 0 N–H and O–H groups in total. The molecular formula is C51H62O9Si. The zero-order valence-electron chi connectivity index (χ0n) is 37.1. The molecule has 1 saturated heterocycles. The van der Waals surface area contributed by atoms with Gasteiger partial charge in [-0.25, -0.2) is 4.79 Å². The van der Waals surface area contributed by atoms with Crippen LogP contribution in [0, 0.1) is 5.92 Å². The van der Waals surface area contributed by atoms with E-state index in [-0.39, 0.29) is 36.2 Å². The lowest BCUT2D eigenvalue weighted by Crippen LogP contribution is -2.67. The Hall–Kier alpha value is -5.10. The number of carbonyl (C=O) groups excluding carboxylic acids is 2. The van der Waals surface area contributed by atoms with E-state index < -0.39 is 38.4 Å². The van der Waals surface area contributed by atoms with Gasteiger partial charge in [-0.1, -0.05) is 137 Å². The molecule has 0 aliphatic carbocycles. The van der Waals surface area contributed by atoms with Gasteiger partial charge in [0.25, 0.3) is 8.32 Å². The number of hydrogen-bond acceptors (Lipinski definition) is 9. The van der Waals surface area contributed by atoms with E-state index in [4.69, 9.17) is 32.8 Å². The second kappa shape index (κ2) is 21.1. The quantitative estimate of drug-likeness (QED) is 0.0283. The Kier molecular flexibility index (Phi) is 16.3. The van der Waals surface area contributed by atoms with Gasteiger partial charge in [-0.05, 0) is 85.3 Å². The van der Waals surface area contributed by atoms with E-state index in [2.05, 4.69) is 95.8 Å². The van der Waals surface area contributed by atoms with Gasteiger partial charge in [-0.15, -0.1) is 0 Å². The van der Waals surface area contributed by atoms with E-state index in [0.29, 0.717) is 34.6 Å². The zero-order valence-corrected chi connectivity index (χ0v) is 38.1. The molecule has 9 nitrogen and oxygen atoms in total. The number of rotatable bonds is 20. The van der Waals surface area contributed by atoms with Gasteiger partial charge in [0, 0.05) is 19.3 Å². The van der Waals surface area contributed by atoms with E-state index in [0.717, 1.165) is 0 Å². The number of Topliss-reactive ketones (excluding diaryl/α,β-unsaturated/α-hetero) is 1. The molecule has 2 unspecified atom stereocenters. The van der Waals surface area contributed by atoms with Gasteiger partial charge in [-0.3, -0.25) is 4.79 Å². The van der Waals surface area contributed by atoms with E-state index in [9.17, 15) is 9.59 Å². The first kappa shape index (κ1) is 47.0. The van der Waals surface area contributed by atoms with E-state index in [1.807, 2.05) is 50.3 Å². The molecule has 4 aromatic carbocycles. The maximum Gasteiger partial charge on any atom is 0.338 e. The van der Waals surface area contributed by atoms with Gasteiger partial charge in [0.2, 0.25) is 0 Å². The molecular weight excluding hydrogens is 785 g/mol. The largest absolute Gasteiger partial charge is 0.489 e. The average Bonchev–Trinajstić information content (AvgIpc) is 3.55. The van der Waals surface area contributed by atoms with E-state index >= 15 is 0 Å². The summed E-state index contributed by atoms with van der Waals surface area (Å²) in [4.78, 5) is 26.7. The molecule has 4 aromatic rings. The minimum absolute atomic E-state index is 0.0437. The van der Waals surface area contributed by atoms with Crippen LogP contribution in [0.1, 0.15) is 88.1 Å². The number of ketones is 1. The summed E-state index contributed by atoms with van der Waals surface area (Å²) in [6, 6.07) is 33.5. The number of benzene rings is 4. The number of methoxy groups -OCH3 is 1. The van der Waals surface area contributed by atoms with Crippen LogP contribution < -0.4 is 19.8 Å². The number of esters is 1. The van der Waals surface area contributed by atoms with Crippen molar-refractivity contribution < 1.29 is 42.4 Å². The Morgan fingerprint density at radius 1 is 0.869 bits per heavy atom. The highest BCUT2D eigenvalue weighted by molar-refractivity contribution is 6.99. The van der Waals surface area contributed by atoms with Gasteiger partial charge < -0.3 is 32.8 Å². The molecule has 5 atom stereocenters. The van der Waals surface area contributed by atoms with Crippen molar-refractivity contribution >= 4 is 36.5 Å². The molecule has 1 heterocycles. The minimum atomic E-state index is -2.85. The van der Waals surface area contributed by atoms with Crippen LogP contribution >= 0.6 is 0 Å². The highest BCUT2D eigenvalue weighted by Crippen LogP contribution is 2.39. The molecule has 1 fully saturated rings. The van der Waals surface area contributed by atoms with Gasteiger partial charge in [0.05, 0.1) is 17.2 Å². The molecule has 5 rings (SSSR count). The number of carbonyl (C=O) groups is 2. The Bertz CT molecular complexity index is 2070. The summed E-state index contributed by atoms with van der Waals surface area (Å²) in [5.74, 6) is -0.882. The number of hydrogen-bond donors (Lipinski definition) is 0. The summed E-state index contributed by atoms with van der Waals surface area (Å²) >= 11 is 0. The molecule has 0 aromatic heterocycles. The van der Waals surface area contributed by atoms with Gasteiger partial charge in [-0.2, -0.15) is 0 Å².